The molecular formula is C34H43NO5Si. The molecule has 0 atom stereocenters. The van der Waals surface area contributed by atoms with Crippen molar-refractivity contribution in [3.05, 3.63) is 66.2 Å². The SMILES string of the molecule is CCOC(=O)c1ccc(-c2ccc(OCCCCOC(C)=O)c(-c3ccc(N4CCCC4)c([Si](C)(C)C)c3)c2)cc1. The number of rotatable bonds is 12. The fourth-order valence-electron chi connectivity index (χ4n) is 5.21. The van der Waals surface area contributed by atoms with Crippen LogP contribution >= 0.6 is 0 Å². The molecule has 0 aliphatic carbocycles. The summed E-state index contributed by atoms with van der Waals surface area (Å²) in [5.74, 6) is 0.267. The van der Waals surface area contributed by atoms with Crippen LogP contribution < -0.4 is 14.8 Å². The first-order chi connectivity index (χ1) is 19.7. The van der Waals surface area contributed by atoms with E-state index in [4.69, 9.17) is 14.2 Å². The van der Waals surface area contributed by atoms with Crippen molar-refractivity contribution in [2.75, 3.05) is 37.8 Å². The van der Waals surface area contributed by atoms with Gasteiger partial charge in [-0.1, -0.05) is 50.0 Å². The first-order valence-electron chi connectivity index (χ1n) is 14.7. The van der Waals surface area contributed by atoms with E-state index in [2.05, 4.69) is 54.9 Å². The van der Waals surface area contributed by atoms with Crippen molar-refractivity contribution in [3.8, 4) is 28.0 Å². The second-order valence-corrected chi connectivity index (χ2v) is 16.6. The summed E-state index contributed by atoms with van der Waals surface area (Å²) in [7, 11) is -1.65. The van der Waals surface area contributed by atoms with Crippen LogP contribution in [-0.4, -0.2) is 52.9 Å². The molecule has 1 fully saturated rings. The third-order valence-electron chi connectivity index (χ3n) is 7.37. The van der Waals surface area contributed by atoms with Crippen molar-refractivity contribution >= 4 is 30.9 Å². The van der Waals surface area contributed by atoms with Crippen LogP contribution in [0.5, 0.6) is 5.75 Å². The van der Waals surface area contributed by atoms with Gasteiger partial charge in [0.2, 0.25) is 0 Å². The van der Waals surface area contributed by atoms with E-state index in [1.807, 2.05) is 37.3 Å². The number of nitrogens with zero attached hydrogens (tertiary/aromatic N) is 1. The summed E-state index contributed by atoms with van der Waals surface area (Å²) in [6.45, 7) is 14.0. The van der Waals surface area contributed by atoms with Crippen molar-refractivity contribution in [1.82, 2.24) is 0 Å². The maximum absolute atomic E-state index is 12.1. The number of anilines is 1. The van der Waals surface area contributed by atoms with Crippen molar-refractivity contribution in [3.63, 3.8) is 0 Å². The maximum atomic E-state index is 12.1. The number of carbonyl (C=O) groups excluding carboxylic acids is 2. The highest BCUT2D eigenvalue weighted by atomic mass is 28.3. The van der Waals surface area contributed by atoms with Crippen LogP contribution in [0.4, 0.5) is 5.69 Å². The summed E-state index contributed by atoms with van der Waals surface area (Å²) in [5.41, 5.74) is 6.18. The Morgan fingerprint density at radius 2 is 1.46 bits per heavy atom. The van der Waals surface area contributed by atoms with Crippen LogP contribution in [0, 0.1) is 0 Å². The van der Waals surface area contributed by atoms with Gasteiger partial charge in [-0.25, -0.2) is 4.79 Å². The first kappa shape index (κ1) is 30.4. The van der Waals surface area contributed by atoms with E-state index in [0.717, 1.165) is 53.9 Å². The molecular weight excluding hydrogens is 530 g/mol. The lowest BCUT2D eigenvalue weighted by molar-refractivity contribution is -0.141. The molecule has 0 spiro atoms. The zero-order valence-electron chi connectivity index (χ0n) is 25.1. The predicted octanol–water partition coefficient (Wildman–Crippen LogP) is 7.06. The zero-order valence-corrected chi connectivity index (χ0v) is 26.1. The zero-order chi connectivity index (χ0) is 29.4. The van der Waals surface area contributed by atoms with E-state index in [1.165, 1.54) is 30.6 Å². The number of unbranched alkanes of at least 4 members (excludes halogenated alkanes) is 1. The minimum absolute atomic E-state index is 0.255. The van der Waals surface area contributed by atoms with Gasteiger partial charge < -0.3 is 19.1 Å². The topological polar surface area (TPSA) is 65.1 Å². The second-order valence-electron chi connectivity index (χ2n) is 11.6. The van der Waals surface area contributed by atoms with Crippen molar-refractivity contribution in [2.45, 2.75) is 59.2 Å². The average Bonchev–Trinajstić information content (AvgIpc) is 3.49. The predicted molar refractivity (Wildman–Crippen MR) is 169 cm³/mol. The molecule has 0 radical (unpaired) electrons. The highest BCUT2D eigenvalue weighted by Gasteiger charge is 2.25. The van der Waals surface area contributed by atoms with Crippen molar-refractivity contribution in [2.24, 2.45) is 0 Å². The smallest absolute Gasteiger partial charge is 0.338 e. The van der Waals surface area contributed by atoms with E-state index in [-0.39, 0.29) is 11.9 Å². The van der Waals surface area contributed by atoms with Gasteiger partial charge >= 0.3 is 11.9 Å². The normalized spacial score (nSPS) is 13.2. The Bertz CT molecular complexity index is 1340. The fourth-order valence-corrected chi connectivity index (χ4v) is 6.81. The minimum atomic E-state index is -1.65. The average molecular weight is 574 g/mol. The number of carbonyl (C=O) groups is 2. The van der Waals surface area contributed by atoms with Gasteiger partial charge in [0, 0.05) is 31.3 Å². The largest absolute Gasteiger partial charge is 0.493 e. The van der Waals surface area contributed by atoms with Crippen LogP contribution in [0.3, 0.4) is 0 Å². The number of hydrogen-bond donors (Lipinski definition) is 0. The summed E-state index contributed by atoms with van der Waals surface area (Å²) >= 11 is 0. The molecule has 0 N–H and O–H groups in total. The number of esters is 2. The summed E-state index contributed by atoms with van der Waals surface area (Å²) < 4.78 is 16.5. The molecule has 1 aliphatic rings. The molecule has 3 aromatic carbocycles. The summed E-state index contributed by atoms with van der Waals surface area (Å²) in [6, 6.07) is 20.8. The van der Waals surface area contributed by atoms with E-state index in [9.17, 15) is 9.59 Å². The molecule has 1 aliphatic heterocycles. The molecule has 0 bridgehead atoms. The van der Waals surface area contributed by atoms with Gasteiger partial charge in [-0.15, -0.1) is 0 Å². The number of ether oxygens (including phenoxy) is 3. The summed E-state index contributed by atoms with van der Waals surface area (Å²) in [5, 5.41) is 1.47. The van der Waals surface area contributed by atoms with E-state index < -0.39 is 8.07 Å². The monoisotopic (exact) mass is 573 g/mol. The quantitative estimate of drug-likeness (QED) is 0.131. The second kappa shape index (κ2) is 13.9. The van der Waals surface area contributed by atoms with Crippen LogP contribution in [-0.2, 0) is 14.3 Å². The van der Waals surface area contributed by atoms with Crippen molar-refractivity contribution < 1.29 is 23.8 Å². The van der Waals surface area contributed by atoms with Gasteiger partial charge in [0.1, 0.15) is 5.75 Å². The van der Waals surface area contributed by atoms with E-state index >= 15 is 0 Å². The summed E-state index contributed by atoms with van der Waals surface area (Å²) in [6.07, 6.45) is 4.04. The van der Waals surface area contributed by atoms with Gasteiger partial charge in [-0.2, -0.15) is 0 Å². The lowest BCUT2D eigenvalue weighted by atomic mass is 9.97. The van der Waals surface area contributed by atoms with E-state index in [1.54, 1.807) is 0 Å². The van der Waals surface area contributed by atoms with Crippen LogP contribution in [0.25, 0.3) is 22.3 Å². The Hall–Kier alpha value is -3.58. The molecule has 6 nitrogen and oxygen atoms in total. The third-order valence-corrected chi connectivity index (χ3v) is 9.39. The van der Waals surface area contributed by atoms with Crippen molar-refractivity contribution in [1.29, 1.82) is 0 Å². The number of benzene rings is 3. The van der Waals surface area contributed by atoms with Gasteiger partial charge in [-0.05, 0) is 84.8 Å². The lowest BCUT2D eigenvalue weighted by Crippen LogP contribution is -2.41. The molecule has 0 aromatic heterocycles. The summed E-state index contributed by atoms with van der Waals surface area (Å²) in [4.78, 5) is 25.7. The molecule has 0 unspecified atom stereocenters. The molecule has 41 heavy (non-hydrogen) atoms. The Balaban J connectivity index is 1.68. The highest BCUT2D eigenvalue weighted by molar-refractivity contribution is 6.89. The van der Waals surface area contributed by atoms with E-state index in [0.29, 0.717) is 25.4 Å². The Kier molecular flexibility index (Phi) is 10.3. The molecule has 218 valence electrons. The Morgan fingerprint density at radius 1 is 0.805 bits per heavy atom. The molecule has 0 amide bonds. The van der Waals surface area contributed by atoms with Crippen LogP contribution in [0.2, 0.25) is 19.6 Å². The first-order valence-corrected chi connectivity index (χ1v) is 18.2. The highest BCUT2D eigenvalue weighted by Crippen LogP contribution is 2.36. The van der Waals surface area contributed by atoms with Gasteiger partial charge in [0.25, 0.3) is 0 Å². The lowest BCUT2D eigenvalue weighted by Gasteiger charge is -2.28. The molecule has 4 rings (SSSR count). The molecule has 3 aromatic rings. The third kappa shape index (κ3) is 8.00. The number of hydrogen-bond acceptors (Lipinski definition) is 6. The van der Waals surface area contributed by atoms with Crippen LogP contribution in [0.15, 0.2) is 60.7 Å². The minimum Gasteiger partial charge on any atom is -0.493 e. The van der Waals surface area contributed by atoms with Crippen LogP contribution in [0.1, 0.15) is 49.9 Å². The molecule has 1 heterocycles. The van der Waals surface area contributed by atoms with Gasteiger partial charge in [-0.3, -0.25) is 4.79 Å². The standard InChI is InChI=1S/C34H43NO5Si/c1-6-38-34(37)27-13-11-26(12-14-27)28-16-18-32(40-22-10-9-21-39-25(2)36)30(23-28)29-15-17-31(35-19-7-8-20-35)33(24-29)41(3,4)5/h11-18,23-24H,6-10,19-22H2,1-5H3. The molecule has 1 saturated heterocycles. The molecule has 0 saturated carbocycles. The fraction of sp³-hybridized carbons (Fsp3) is 0.412. The van der Waals surface area contributed by atoms with Gasteiger partial charge in [0.05, 0.1) is 33.5 Å². The molecule has 7 heteroatoms. The van der Waals surface area contributed by atoms with Gasteiger partial charge in [0.15, 0.2) is 0 Å². The Labute approximate surface area is 245 Å². The Morgan fingerprint density at radius 3 is 2.12 bits per heavy atom. The maximum Gasteiger partial charge on any atom is 0.338 e.